The first kappa shape index (κ1) is 14.8. The summed E-state index contributed by atoms with van der Waals surface area (Å²) in [5.41, 5.74) is 2.55. The molecule has 4 nitrogen and oxygen atoms in total. The van der Waals surface area contributed by atoms with E-state index in [1.165, 1.54) is 5.56 Å². The van der Waals surface area contributed by atoms with Gasteiger partial charge < -0.3 is 10.2 Å². The van der Waals surface area contributed by atoms with Crippen LogP contribution in [0, 0.1) is 10.5 Å². The lowest BCUT2D eigenvalue weighted by atomic mass is 10.2. The molecule has 0 saturated carbocycles. The van der Waals surface area contributed by atoms with Gasteiger partial charge in [0.25, 0.3) is 5.91 Å². The molecule has 1 heterocycles. The molecule has 0 radical (unpaired) electrons. The molecule has 2 rings (SSSR count). The second kappa shape index (κ2) is 6.21. The number of nitrogens with zero attached hydrogens (tertiary/aromatic N) is 2. The third-order valence-electron chi connectivity index (χ3n) is 2.88. The Morgan fingerprint density at radius 3 is 2.70 bits per heavy atom. The lowest BCUT2D eigenvalue weighted by Crippen LogP contribution is -2.19. The molecule has 104 valence electrons. The van der Waals surface area contributed by atoms with Crippen LogP contribution < -0.4 is 10.2 Å². The van der Waals surface area contributed by atoms with Crippen molar-refractivity contribution in [2.24, 2.45) is 0 Å². The van der Waals surface area contributed by atoms with Crippen molar-refractivity contribution in [1.82, 2.24) is 4.98 Å². The SMILES string of the molecule is Cc1ccc(NC(=O)c2cccnc2N(C)C)cc1I. The number of amides is 1. The van der Waals surface area contributed by atoms with Gasteiger partial charge in [-0.3, -0.25) is 4.79 Å². The number of aryl methyl sites for hydroxylation is 1. The number of benzene rings is 1. The predicted octanol–water partition coefficient (Wildman–Crippen LogP) is 3.31. The van der Waals surface area contributed by atoms with E-state index < -0.39 is 0 Å². The van der Waals surface area contributed by atoms with Crippen LogP contribution in [0.5, 0.6) is 0 Å². The number of hydrogen-bond donors (Lipinski definition) is 1. The highest BCUT2D eigenvalue weighted by molar-refractivity contribution is 14.1. The molecule has 1 aromatic heterocycles. The number of nitrogens with one attached hydrogen (secondary N) is 1. The van der Waals surface area contributed by atoms with Gasteiger partial charge in [-0.25, -0.2) is 4.98 Å². The Bertz CT molecular complexity index is 641. The minimum Gasteiger partial charge on any atom is -0.362 e. The molecule has 0 bridgehead atoms. The summed E-state index contributed by atoms with van der Waals surface area (Å²) >= 11 is 2.26. The molecule has 20 heavy (non-hydrogen) atoms. The van der Waals surface area contributed by atoms with Crippen LogP contribution in [0.3, 0.4) is 0 Å². The van der Waals surface area contributed by atoms with Crippen LogP contribution in [0.15, 0.2) is 36.5 Å². The summed E-state index contributed by atoms with van der Waals surface area (Å²) in [5, 5.41) is 2.91. The van der Waals surface area contributed by atoms with Crippen LogP contribution in [0.25, 0.3) is 0 Å². The fourth-order valence-electron chi connectivity index (χ4n) is 1.80. The number of carbonyl (C=O) groups is 1. The first-order valence-electron chi connectivity index (χ1n) is 6.19. The van der Waals surface area contributed by atoms with Gasteiger partial charge in [-0.05, 0) is 59.3 Å². The summed E-state index contributed by atoms with van der Waals surface area (Å²) in [4.78, 5) is 18.4. The van der Waals surface area contributed by atoms with Crippen molar-refractivity contribution >= 4 is 40.0 Å². The van der Waals surface area contributed by atoms with Crippen LogP contribution in [-0.4, -0.2) is 25.0 Å². The van der Waals surface area contributed by atoms with E-state index in [9.17, 15) is 4.79 Å². The molecule has 5 heteroatoms. The van der Waals surface area contributed by atoms with Crippen molar-refractivity contribution in [1.29, 1.82) is 0 Å². The molecule has 2 aromatic rings. The van der Waals surface area contributed by atoms with Gasteiger partial charge in [0.1, 0.15) is 5.82 Å². The summed E-state index contributed by atoms with van der Waals surface area (Å²) in [6.45, 7) is 2.04. The molecule has 0 unspecified atom stereocenters. The average Bonchev–Trinajstić information content (AvgIpc) is 2.43. The molecule has 0 fully saturated rings. The highest BCUT2D eigenvalue weighted by atomic mass is 127. The van der Waals surface area contributed by atoms with Gasteiger partial charge in [-0.2, -0.15) is 0 Å². The summed E-state index contributed by atoms with van der Waals surface area (Å²) in [5.74, 6) is 0.508. The Kier molecular flexibility index (Phi) is 4.59. The van der Waals surface area contributed by atoms with E-state index in [0.717, 1.165) is 9.26 Å². The van der Waals surface area contributed by atoms with Crippen LogP contribution in [-0.2, 0) is 0 Å². The third-order valence-corrected chi connectivity index (χ3v) is 4.05. The van der Waals surface area contributed by atoms with E-state index in [1.807, 2.05) is 44.1 Å². The quantitative estimate of drug-likeness (QED) is 0.830. The minimum absolute atomic E-state index is 0.151. The highest BCUT2D eigenvalue weighted by Gasteiger charge is 2.14. The number of hydrogen-bond acceptors (Lipinski definition) is 3. The predicted molar refractivity (Wildman–Crippen MR) is 90.4 cm³/mol. The minimum atomic E-state index is -0.151. The van der Waals surface area contributed by atoms with Crippen LogP contribution in [0.1, 0.15) is 15.9 Å². The van der Waals surface area contributed by atoms with E-state index in [2.05, 4.69) is 32.9 Å². The molecule has 1 N–H and O–H groups in total. The number of rotatable bonds is 3. The van der Waals surface area contributed by atoms with Crippen LogP contribution in [0.2, 0.25) is 0 Å². The second-order valence-electron chi connectivity index (χ2n) is 4.69. The van der Waals surface area contributed by atoms with Gasteiger partial charge in [-0.15, -0.1) is 0 Å². The van der Waals surface area contributed by atoms with E-state index >= 15 is 0 Å². The number of aromatic nitrogens is 1. The van der Waals surface area contributed by atoms with Crippen molar-refractivity contribution in [2.75, 3.05) is 24.3 Å². The summed E-state index contributed by atoms with van der Waals surface area (Å²) in [6.07, 6.45) is 1.68. The maximum absolute atomic E-state index is 12.4. The molecule has 0 spiro atoms. The maximum atomic E-state index is 12.4. The van der Waals surface area contributed by atoms with Crippen molar-refractivity contribution < 1.29 is 4.79 Å². The Morgan fingerprint density at radius 2 is 2.05 bits per heavy atom. The van der Waals surface area contributed by atoms with Gasteiger partial charge >= 0.3 is 0 Å². The molecule has 0 aliphatic rings. The molecule has 1 aromatic carbocycles. The third kappa shape index (κ3) is 3.27. The molecular weight excluding hydrogens is 365 g/mol. The average molecular weight is 381 g/mol. The Morgan fingerprint density at radius 1 is 1.30 bits per heavy atom. The number of pyridine rings is 1. The van der Waals surface area contributed by atoms with Crippen LogP contribution in [0.4, 0.5) is 11.5 Å². The summed E-state index contributed by atoms with van der Waals surface area (Å²) in [7, 11) is 3.74. The number of carbonyl (C=O) groups excluding carboxylic acids is 1. The topological polar surface area (TPSA) is 45.2 Å². The first-order valence-corrected chi connectivity index (χ1v) is 7.27. The lowest BCUT2D eigenvalue weighted by Gasteiger charge is -2.15. The number of halogens is 1. The Labute approximate surface area is 132 Å². The molecule has 0 aliphatic heterocycles. The fraction of sp³-hybridized carbons (Fsp3) is 0.200. The van der Waals surface area contributed by atoms with Crippen molar-refractivity contribution in [2.45, 2.75) is 6.92 Å². The Hall–Kier alpha value is -1.63. The van der Waals surface area contributed by atoms with E-state index in [0.29, 0.717) is 11.4 Å². The molecule has 1 amide bonds. The number of anilines is 2. The summed E-state index contributed by atoms with van der Waals surface area (Å²) < 4.78 is 1.12. The zero-order valence-corrected chi connectivity index (χ0v) is 13.8. The molecule has 0 saturated heterocycles. The van der Waals surface area contributed by atoms with Gasteiger partial charge in [0, 0.05) is 29.5 Å². The fourth-order valence-corrected chi connectivity index (χ4v) is 2.31. The monoisotopic (exact) mass is 381 g/mol. The maximum Gasteiger partial charge on any atom is 0.259 e. The van der Waals surface area contributed by atoms with E-state index in [1.54, 1.807) is 18.3 Å². The lowest BCUT2D eigenvalue weighted by molar-refractivity contribution is 0.102. The zero-order valence-electron chi connectivity index (χ0n) is 11.6. The van der Waals surface area contributed by atoms with Gasteiger partial charge in [0.15, 0.2) is 0 Å². The first-order chi connectivity index (χ1) is 9.49. The zero-order chi connectivity index (χ0) is 14.7. The largest absolute Gasteiger partial charge is 0.362 e. The standard InChI is InChI=1S/C15H16IN3O/c1-10-6-7-11(9-13(10)16)18-15(20)12-5-4-8-17-14(12)19(2)3/h4-9H,1-3H3,(H,18,20). The van der Waals surface area contributed by atoms with Crippen molar-refractivity contribution in [3.63, 3.8) is 0 Å². The highest BCUT2D eigenvalue weighted by Crippen LogP contribution is 2.20. The molecule has 0 atom stereocenters. The summed E-state index contributed by atoms with van der Waals surface area (Å²) in [6, 6.07) is 9.39. The van der Waals surface area contributed by atoms with Crippen LogP contribution >= 0.6 is 22.6 Å². The van der Waals surface area contributed by atoms with Gasteiger partial charge in [0.2, 0.25) is 0 Å². The normalized spacial score (nSPS) is 10.2. The smallest absolute Gasteiger partial charge is 0.259 e. The van der Waals surface area contributed by atoms with Gasteiger partial charge in [-0.1, -0.05) is 6.07 Å². The van der Waals surface area contributed by atoms with E-state index in [4.69, 9.17) is 0 Å². The van der Waals surface area contributed by atoms with Gasteiger partial charge in [0.05, 0.1) is 5.56 Å². The van der Waals surface area contributed by atoms with Crippen molar-refractivity contribution in [3.05, 3.63) is 51.2 Å². The van der Waals surface area contributed by atoms with E-state index in [-0.39, 0.29) is 5.91 Å². The molecule has 0 aliphatic carbocycles. The van der Waals surface area contributed by atoms with Crippen molar-refractivity contribution in [3.8, 4) is 0 Å². The Balaban J connectivity index is 2.26. The second-order valence-corrected chi connectivity index (χ2v) is 5.85. The molecular formula is C15H16IN3O.